The van der Waals surface area contributed by atoms with E-state index < -0.39 is 10.8 Å². The minimum absolute atomic E-state index is 0.0119. The average molecular weight is 462 g/mol. The van der Waals surface area contributed by atoms with E-state index in [0.717, 1.165) is 50.0 Å². The number of unbranched alkanes of at least 4 members (excludes halogenated alkanes) is 10. The van der Waals surface area contributed by atoms with E-state index in [2.05, 4.69) is 12.2 Å². The monoisotopic (exact) mass is 461 g/mol. The van der Waals surface area contributed by atoms with Crippen molar-refractivity contribution in [2.45, 2.75) is 96.8 Å². The largest absolute Gasteiger partial charge is 0.785 e. The van der Waals surface area contributed by atoms with Crippen molar-refractivity contribution >= 4 is 22.7 Å². The van der Waals surface area contributed by atoms with Crippen LogP contribution in [0.4, 0.5) is 0 Å². The quantitative estimate of drug-likeness (QED) is 0.147. The first-order valence-corrected chi connectivity index (χ1v) is 13.8. The van der Waals surface area contributed by atoms with Gasteiger partial charge in [-0.15, -0.1) is 0 Å². The molecule has 0 aromatic carbocycles. The Hall–Kier alpha value is -0.990. The molecule has 1 N–H and O–H groups in total. The molecule has 7 nitrogen and oxygen atoms in total. The molecule has 0 aliphatic heterocycles. The van der Waals surface area contributed by atoms with Crippen molar-refractivity contribution in [3.8, 4) is 0 Å². The standard InChI is InChI=1S/C23H45N2O5S/c1-3-4-5-6-7-11-14-20-30-23(27)16-12-9-8-10-13-18-25(28)19-15-17-24-22(26)21-31(2)29/h3-21H2,1-2H3,(H,24,26)/q-1. The van der Waals surface area contributed by atoms with Gasteiger partial charge < -0.3 is 20.3 Å². The van der Waals surface area contributed by atoms with Gasteiger partial charge in [0.1, 0.15) is 5.75 Å². The molecule has 0 aromatic heterocycles. The molecule has 8 heteroatoms. The van der Waals surface area contributed by atoms with E-state index in [1.54, 1.807) is 0 Å². The number of rotatable bonds is 22. The lowest BCUT2D eigenvalue weighted by Crippen LogP contribution is -2.31. The topological polar surface area (TPSA) is 98.8 Å². The predicted octanol–water partition coefficient (Wildman–Crippen LogP) is 4.31. The zero-order valence-corrected chi connectivity index (χ0v) is 20.6. The first kappa shape index (κ1) is 30.0. The van der Waals surface area contributed by atoms with Gasteiger partial charge in [-0.1, -0.05) is 64.7 Å². The van der Waals surface area contributed by atoms with Gasteiger partial charge in [-0.25, -0.2) is 0 Å². The Bertz CT molecular complexity index is 477. The Morgan fingerprint density at radius 3 is 2.13 bits per heavy atom. The Morgan fingerprint density at radius 1 is 0.871 bits per heavy atom. The minimum Gasteiger partial charge on any atom is -0.785 e. The zero-order valence-electron chi connectivity index (χ0n) is 19.8. The normalized spacial score (nSPS) is 12.1. The van der Waals surface area contributed by atoms with Gasteiger partial charge in [0.25, 0.3) is 0 Å². The lowest BCUT2D eigenvalue weighted by Gasteiger charge is -2.27. The van der Waals surface area contributed by atoms with Gasteiger partial charge in [0.05, 0.1) is 6.61 Å². The number of ether oxygens (including phenoxy) is 1. The first-order chi connectivity index (χ1) is 15.0. The van der Waals surface area contributed by atoms with Gasteiger partial charge >= 0.3 is 5.97 Å². The maximum absolute atomic E-state index is 11.8. The highest BCUT2D eigenvalue weighted by Gasteiger charge is 2.04. The van der Waals surface area contributed by atoms with E-state index in [9.17, 15) is 19.0 Å². The molecule has 0 fully saturated rings. The summed E-state index contributed by atoms with van der Waals surface area (Å²) in [6.07, 6.45) is 15.8. The fourth-order valence-electron chi connectivity index (χ4n) is 3.24. The maximum atomic E-state index is 11.8. The van der Waals surface area contributed by atoms with Crippen LogP contribution >= 0.6 is 0 Å². The van der Waals surface area contributed by atoms with Gasteiger partial charge in [0.2, 0.25) is 5.91 Å². The zero-order chi connectivity index (χ0) is 23.2. The summed E-state index contributed by atoms with van der Waals surface area (Å²) in [5.41, 5.74) is 0. The highest BCUT2D eigenvalue weighted by molar-refractivity contribution is 7.85. The van der Waals surface area contributed by atoms with Crippen molar-refractivity contribution in [1.29, 1.82) is 0 Å². The predicted molar refractivity (Wildman–Crippen MR) is 128 cm³/mol. The average Bonchev–Trinajstić information content (AvgIpc) is 2.72. The maximum Gasteiger partial charge on any atom is 0.305 e. The highest BCUT2D eigenvalue weighted by Crippen LogP contribution is 2.09. The summed E-state index contributed by atoms with van der Waals surface area (Å²) in [6.45, 7) is 4.08. The number of hydrogen-bond acceptors (Lipinski definition) is 6. The molecule has 0 aliphatic rings. The molecule has 0 spiro atoms. The van der Waals surface area contributed by atoms with Crippen LogP contribution in [0.15, 0.2) is 0 Å². The molecule has 0 saturated heterocycles. The van der Waals surface area contributed by atoms with Gasteiger partial charge in [-0.3, -0.25) is 13.8 Å². The lowest BCUT2D eigenvalue weighted by molar-refractivity contribution is -0.143. The van der Waals surface area contributed by atoms with E-state index >= 15 is 0 Å². The van der Waals surface area contributed by atoms with Crippen LogP contribution in [0.5, 0.6) is 0 Å². The Balaban J connectivity index is 3.36. The molecule has 0 heterocycles. The fraction of sp³-hybridized carbons (Fsp3) is 0.913. The van der Waals surface area contributed by atoms with E-state index in [4.69, 9.17) is 4.74 Å². The molecule has 1 amide bonds. The number of carbonyl (C=O) groups excluding carboxylic acids is 2. The molecule has 0 saturated carbocycles. The molecule has 0 bridgehead atoms. The summed E-state index contributed by atoms with van der Waals surface area (Å²) >= 11 is 0. The number of nitrogens with zero attached hydrogens (tertiary/aromatic N) is 1. The van der Waals surface area contributed by atoms with Gasteiger partial charge in [-0.05, 0) is 38.8 Å². The van der Waals surface area contributed by atoms with Gasteiger partial charge in [0.15, 0.2) is 0 Å². The minimum atomic E-state index is -1.13. The van der Waals surface area contributed by atoms with E-state index in [0.29, 0.717) is 39.1 Å². The molecule has 0 aromatic rings. The van der Waals surface area contributed by atoms with Crippen molar-refractivity contribution in [1.82, 2.24) is 10.4 Å². The second-order valence-electron chi connectivity index (χ2n) is 8.21. The molecule has 31 heavy (non-hydrogen) atoms. The van der Waals surface area contributed by atoms with Crippen LogP contribution in [0.1, 0.15) is 96.8 Å². The summed E-state index contributed by atoms with van der Waals surface area (Å²) in [6, 6.07) is 0. The van der Waals surface area contributed by atoms with Crippen LogP contribution in [0.2, 0.25) is 0 Å². The Kier molecular flexibility index (Phi) is 21.5. The van der Waals surface area contributed by atoms with Crippen LogP contribution in [0, 0.1) is 5.21 Å². The van der Waals surface area contributed by atoms with Gasteiger partial charge in [-0.2, -0.15) is 0 Å². The molecule has 0 aliphatic carbocycles. The SMILES string of the molecule is CCCCCCCCCOC(=O)CCCCCCCN([O-])CCCNC(=O)CS(C)=O. The molecular formula is C23H45N2O5S-. The lowest BCUT2D eigenvalue weighted by atomic mass is 10.1. The molecule has 1 atom stereocenters. The summed E-state index contributed by atoms with van der Waals surface area (Å²) in [7, 11) is -1.13. The summed E-state index contributed by atoms with van der Waals surface area (Å²) in [5, 5.41) is 15.4. The third-order valence-electron chi connectivity index (χ3n) is 5.04. The molecule has 0 rings (SSSR count). The van der Waals surface area contributed by atoms with Crippen molar-refractivity contribution in [2.75, 3.05) is 38.2 Å². The first-order valence-electron chi connectivity index (χ1n) is 12.1. The molecule has 184 valence electrons. The molecule has 0 radical (unpaired) electrons. The number of carbonyl (C=O) groups is 2. The van der Waals surface area contributed by atoms with Crippen LogP contribution in [-0.4, -0.2) is 59.4 Å². The number of esters is 1. The number of nitrogens with one attached hydrogen (secondary N) is 1. The third kappa shape index (κ3) is 23.5. The van der Waals surface area contributed by atoms with Crippen molar-refractivity contribution in [2.24, 2.45) is 0 Å². The fourth-order valence-corrected chi connectivity index (χ4v) is 3.71. The number of amides is 1. The summed E-state index contributed by atoms with van der Waals surface area (Å²) < 4.78 is 16.2. The number of hydrogen-bond donors (Lipinski definition) is 1. The number of hydroxylamine groups is 2. The third-order valence-corrected chi connectivity index (χ3v) is 5.71. The van der Waals surface area contributed by atoms with Gasteiger partial charge in [0, 0.05) is 30.0 Å². The molecular weight excluding hydrogens is 416 g/mol. The second kappa shape index (κ2) is 22.2. The van der Waals surface area contributed by atoms with E-state index in [1.165, 1.54) is 38.4 Å². The van der Waals surface area contributed by atoms with E-state index in [-0.39, 0.29) is 17.6 Å². The van der Waals surface area contributed by atoms with Crippen molar-refractivity contribution in [3.63, 3.8) is 0 Å². The summed E-state index contributed by atoms with van der Waals surface area (Å²) in [5.74, 6) is -0.313. The van der Waals surface area contributed by atoms with E-state index in [1.807, 2.05) is 0 Å². The Morgan fingerprint density at radius 2 is 1.45 bits per heavy atom. The van der Waals surface area contributed by atoms with Crippen LogP contribution in [0.3, 0.4) is 0 Å². The van der Waals surface area contributed by atoms with Crippen molar-refractivity contribution in [3.05, 3.63) is 5.21 Å². The van der Waals surface area contributed by atoms with Crippen molar-refractivity contribution < 1.29 is 18.5 Å². The summed E-state index contributed by atoms with van der Waals surface area (Å²) in [4.78, 5) is 23.0. The van der Waals surface area contributed by atoms with Crippen LogP contribution in [0.25, 0.3) is 0 Å². The van der Waals surface area contributed by atoms with Crippen LogP contribution < -0.4 is 5.32 Å². The molecule has 1 unspecified atom stereocenters. The smallest absolute Gasteiger partial charge is 0.305 e. The highest BCUT2D eigenvalue weighted by atomic mass is 32.2. The second-order valence-corrected chi connectivity index (χ2v) is 9.64. The van der Waals surface area contributed by atoms with Crippen LogP contribution in [-0.2, 0) is 25.1 Å². The Labute approximate surface area is 192 Å².